The summed E-state index contributed by atoms with van der Waals surface area (Å²) in [4.78, 5) is 81.6. The van der Waals surface area contributed by atoms with Crippen LogP contribution in [0.25, 0.3) is 6.08 Å². The maximum absolute atomic E-state index is 14.7. The minimum atomic E-state index is -1.07. The fourth-order valence-corrected chi connectivity index (χ4v) is 8.68. The first-order chi connectivity index (χ1) is 31.3. The van der Waals surface area contributed by atoms with Crippen molar-refractivity contribution in [2.75, 3.05) is 20.3 Å². The minimum Gasteiger partial charge on any atom is -0.462 e. The van der Waals surface area contributed by atoms with Gasteiger partial charge in [0.1, 0.15) is 36.6 Å². The molecule has 3 aromatic carbocycles. The second kappa shape index (κ2) is 19.7. The third kappa shape index (κ3) is 11.4. The number of fused-ring (bicyclic) bond motifs is 2. The van der Waals surface area contributed by atoms with E-state index in [2.05, 4.69) is 5.32 Å². The highest BCUT2D eigenvalue weighted by Gasteiger charge is 2.55. The number of amides is 2. The first-order valence-electron chi connectivity index (χ1n) is 22.3. The number of carbonyl (C=O) groups is 6. The highest BCUT2D eigenvalue weighted by atomic mass is 16.8. The van der Waals surface area contributed by atoms with Crippen LogP contribution in [0.3, 0.4) is 0 Å². The summed E-state index contributed by atoms with van der Waals surface area (Å²) in [5.74, 6) is -4.65. The van der Waals surface area contributed by atoms with E-state index < -0.39 is 95.6 Å². The largest absolute Gasteiger partial charge is 0.462 e. The van der Waals surface area contributed by atoms with Crippen LogP contribution in [0.4, 0.5) is 0 Å². The predicted octanol–water partition coefficient (Wildman–Crippen LogP) is 5.00. The number of hydrogen-bond donors (Lipinski definition) is 2. The predicted molar refractivity (Wildman–Crippen MR) is 239 cm³/mol. The molecule has 0 saturated carbocycles. The van der Waals surface area contributed by atoms with E-state index in [0.29, 0.717) is 18.4 Å². The van der Waals surface area contributed by atoms with Crippen LogP contribution in [0.1, 0.15) is 86.5 Å². The molecule has 6 atom stereocenters. The van der Waals surface area contributed by atoms with Crippen molar-refractivity contribution in [1.82, 2.24) is 10.2 Å². The van der Waals surface area contributed by atoms with Crippen LogP contribution in [0.5, 0.6) is 0 Å². The van der Waals surface area contributed by atoms with Crippen LogP contribution in [0, 0.1) is 5.41 Å². The van der Waals surface area contributed by atoms with Gasteiger partial charge in [-0.05, 0) is 73.7 Å². The Kier molecular flexibility index (Phi) is 14.3. The molecule has 66 heavy (non-hydrogen) atoms. The van der Waals surface area contributed by atoms with Crippen molar-refractivity contribution in [3.05, 3.63) is 124 Å². The normalized spacial score (nSPS) is 22.3. The van der Waals surface area contributed by atoms with Gasteiger partial charge >= 0.3 is 23.9 Å². The first-order valence-corrected chi connectivity index (χ1v) is 22.3. The second-order valence-electron chi connectivity index (χ2n) is 19.0. The molecule has 15 nitrogen and oxygen atoms in total. The molecule has 2 saturated heterocycles. The van der Waals surface area contributed by atoms with E-state index in [0.717, 1.165) is 16.7 Å². The smallest absolute Gasteiger partial charge is 0.348 e. The van der Waals surface area contributed by atoms with Crippen molar-refractivity contribution >= 4 is 41.8 Å². The Balaban J connectivity index is 1.10. The van der Waals surface area contributed by atoms with Gasteiger partial charge in [-0.2, -0.15) is 0 Å². The van der Waals surface area contributed by atoms with Gasteiger partial charge in [0.2, 0.25) is 17.9 Å². The zero-order chi connectivity index (χ0) is 47.4. The topological polar surface area (TPSA) is 193 Å². The molecular weight excluding hydrogens is 849 g/mol. The maximum Gasteiger partial charge on any atom is 0.348 e. The Morgan fingerprint density at radius 1 is 0.939 bits per heavy atom. The summed E-state index contributed by atoms with van der Waals surface area (Å²) in [6.45, 7) is 8.48. The Morgan fingerprint density at radius 3 is 2.29 bits per heavy atom. The lowest BCUT2D eigenvalue weighted by Crippen LogP contribution is -2.53. The van der Waals surface area contributed by atoms with E-state index in [1.54, 1.807) is 58.9 Å². The summed E-state index contributed by atoms with van der Waals surface area (Å²) < 4.78 is 35.5. The van der Waals surface area contributed by atoms with E-state index in [-0.39, 0.29) is 43.4 Å². The van der Waals surface area contributed by atoms with E-state index >= 15 is 0 Å². The number of nitrogens with zero attached hydrogens (tertiary/aromatic N) is 1. The Labute approximate surface area is 384 Å². The van der Waals surface area contributed by atoms with Crippen LogP contribution in [-0.4, -0.2) is 114 Å². The molecule has 2 fully saturated rings. The SMILES string of the molecule is CN(C(=O)C1=CC2OC3(Cc4ccccc4C3)OC2C(OC(=O)c2cccc(C=CC(=O)OC3C(=O)OCC3(C)C)c2)C1)C(Cc1ccccc1)C(=O)NC(CO)CCC(=O)OC(C)(C)C. The molecule has 0 radical (unpaired) electrons. The van der Waals surface area contributed by atoms with E-state index in [4.69, 9.17) is 28.4 Å². The number of cyclic esters (lactones) is 1. The number of esters is 4. The monoisotopic (exact) mass is 906 g/mol. The number of hydrogen-bond acceptors (Lipinski definition) is 13. The van der Waals surface area contributed by atoms with Crippen molar-refractivity contribution in [3.63, 3.8) is 0 Å². The summed E-state index contributed by atoms with van der Waals surface area (Å²) in [7, 11) is 1.52. The lowest BCUT2D eigenvalue weighted by Gasteiger charge is -2.34. The molecule has 1 spiro atoms. The molecule has 2 amide bonds. The van der Waals surface area contributed by atoms with Crippen molar-refractivity contribution in [2.45, 2.75) is 121 Å². The third-order valence-corrected chi connectivity index (χ3v) is 12.1. The number of benzene rings is 3. The average Bonchev–Trinajstić information content (AvgIpc) is 3.92. The number of ether oxygens (including phenoxy) is 6. The molecular formula is C51H58N2O13. The van der Waals surface area contributed by atoms with E-state index in [1.807, 2.05) is 54.6 Å². The van der Waals surface area contributed by atoms with Gasteiger partial charge in [0.15, 0.2) is 5.79 Å². The van der Waals surface area contributed by atoms with Crippen LogP contribution < -0.4 is 5.32 Å². The van der Waals surface area contributed by atoms with Gasteiger partial charge in [-0.1, -0.05) is 80.6 Å². The molecule has 3 aromatic rings. The molecule has 350 valence electrons. The number of carbonyl (C=O) groups excluding carboxylic acids is 6. The zero-order valence-corrected chi connectivity index (χ0v) is 38.2. The van der Waals surface area contributed by atoms with Gasteiger partial charge in [0.25, 0.3) is 0 Å². The maximum atomic E-state index is 14.7. The molecule has 4 aliphatic rings. The summed E-state index contributed by atoms with van der Waals surface area (Å²) in [6.07, 6.45) is 1.71. The number of aliphatic hydroxyl groups excluding tert-OH is 1. The minimum absolute atomic E-state index is 0.0426. The quantitative estimate of drug-likeness (QED) is 0.118. The Morgan fingerprint density at radius 2 is 1.64 bits per heavy atom. The Bertz CT molecular complexity index is 2360. The standard InChI is InChI=1S/C51H58N2O13/c1-49(2,3)65-42(56)22-20-37(29-54)52-45(57)38(24-31-13-8-7-9-14-31)53(6)46(58)36-25-39(43-40(26-36)64-51(66-43)27-34-16-10-11-17-35(34)28-51)62-47(59)33-18-12-15-32(23-33)19-21-41(55)63-44-48(60)61-30-50(44,4)5/h7-19,21,23,26,37-40,43-44,54H,20,22,24-25,27-30H2,1-6H3,(H,52,57). The average molecular weight is 907 g/mol. The zero-order valence-electron chi connectivity index (χ0n) is 38.2. The highest BCUT2D eigenvalue weighted by Crippen LogP contribution is 2.45. The number of nitrogens with one attached hydrogen (secondary N) is 1. The van der Waals surface area contributed by atoms with Crippen molar-refractivity contribution < 1.29 is 62.3 Å². The molecule has 0 bridgehead atoms. The Hall–Kier alpha value is -6.16. The van der Waals surface area contributed by atoms with Gasteiger partial charge < -0.3 is 43.7 Å². The van der Waals surface area contributed by atoms with Crippen LogP contribution >= 0.6 is 0 Å². The van der Waals surface area contributed by atoms with Gasteiger partial charge in [0.05, 0.1) is 18.2 Å². The summed E-state index contributed by atoms with van der Waals surface area (Å²) in [5.41, 5.74) is 2.41. The molecule has 2 heterocycles. The molecule has 0 aromatic heterocycles. The molecule has 7 rings (SSSR count). The van der Waals surface area contributed by atoms with Gasteiger partial charge in [-0.25, -0.2) is 14.4 Å². The van der Waals surface area contributed by atoms with Crippen molar-refractivity contribution in [1.29, 1.82) is 0 Å². The summed E-state index contributed by atoms with van der Waals surface area (Å²) in [6, 6.07) is 21.7. The van der Waals surface area contributed by atoms with Gasteiger partial charge in [-0.3, -0.25) is 14.4 Å². The van der Waals surface area contributed by atoms with Crippen molar-refractivity contribution in [3.8, 4) is 0 Å². The lowest BCUT2D eigenvalue weighted by molar-refractivity contribution is -0.172. The fraction of sp³-hybridized carbons (Fsp3) is 0.451. The molecule has 2 aliphatic carbocycles. The van der Waals surface area contributed by atoms with Crippen molar-refractivity contribution in [2.24, 2.45) is 5.41 Å². The number of rotatable bonds is 15. The van der Waals surface area contributed by atoms with Crippen LogP contribution in [-0.2, 0) is 71.7 Å². The van der Waals surface area contributed by atoms with Gasteiger partial charge in [0, 0.05) is 56.2 Å². The van der Waals surface area contributed by atoms with Crippen LogP contribution in [0.2, 0.25) is 0 Å². The summed E-state index contributed by atoms with van der Waals surface area (Å²) >= 11 is 0. The molecule has 2 aliphatic heterocycles. The first kappa shape index (κ1) is 47.8. The van der Waals surface area contributed by atoms with Crippen LogP contribution in [0.15, 0.2) is 96.6 Å². The molecule has 15 heteroatoms. The third-order valence-electron chi connectivity index (χ3n) is 12.1. The number of aliphatic hydroxyl groups is 1. The molecule has 2 N–H and O–H groups in total. The highest BCUT2D eigenvalue weighted by molar-refractivity contribution is 5.98. The van der Waals surface area contributed by atoms with E-state index in [9.17, 15) is 33.9 Å². The van der Waals surface area contributed by atoms with Gasteiger partial charge in [-0.15, -0.1) is 0 Å². The summed E-state index contributed by atoms with van der Waals surface area (Å²) in [5, 5.41) is 13.1. The van der Waals surface area contributed by atoms with E-state index in [1.165, 1.54) is 30.2 Å². The fourth-order valence-electron chi connectivity index (χ4n) is 8.68. The molecule has 6 unspecified atom stereocenters. The number of likely N-dealkylation sites (N-methyl/N-ethyl adjacent to an activating group) is 1. The lowest BCUT2D eigenvalue weighted by atomic mass is 9.90. The second-order valence-corrected chi connectivity index (χ2v) is 19.0.